The molecule has 1 aromatic rings. The summed E-state index contributed by atoms with van der Waals surface area (Å²) in [6, 6.07) is 2.37. The van der Waals surface area contributed by atoms with E-state index in [1.807, 2.05) is 0 Å². The number of fused-ring (bicyclic) bond motifs is 1. The molecule has 1 aliphatic carbocycles. The van der Waals surface area contributed by atoms with Crippen LogP contribution in [0.3, 0.4) is 0 Å². The highest BCUT2D eigenvalue weighted by molar-refractivity contribution is 7.27. The highest BCUT2D eigenvalue weighted by Crippen LogP contribution is 2.36. The van der Waals surface area contributed by atoms with Crippen LogP contribution in [0.15, 0.2) is 0 Å². The van der Waals surface area contributed by atoms with Gasteiger partial charge in [-0.15, -0.1) is 0 Å². The highest BCUT2D eigenvalue weighted by atomic mass is 31.0. The molecule has 2 rings (SSSR count). The van der Waals surface area contributed by atoms with Crippen molar-refractivity contribution in [3.05, 3.63) is 16.6 Å². The van der Waals surface area contributed by atoms with Crippen molar-refractivity contribution >= 4 is 8.35 Å². The minimum atomic E-state index is 0.137. The summed E-state index contributed by atoms with van der Waals surface area (Å²) in [6.45, 7) is 6.67. The Hall–Kier alpha value is -0.800. The Balaban J connectivity index is 2.58. The Kier molecular flexibility index (Phi) is 2.61. The number of rotatable bonds is 0. The number of aromatic nitrogens is 1. The average Bonchev–Trinajstić information content (AvgIpc) is 2.55. The van der Waals surface area contributed by atoms with E-state index in [1.165, 1.54) is 24.1 Å². The molecule has 15 heavy (non-hydrogen) atoms. The minimum Gasteiger partial charge on any atom is -0.322 e. The number of nitriles is 1. The van der Waals surface area contributed by atoms with Crippen LogP contribution in [0, 0.1) is 11.3 Å². The van der Waals surface area contributed by atoms with E-state index in [0.717, 1.165) is 26.5 Å². The number of nitrogens with zero attached hydrogens (tertiary/aromatic N) is 2. The summed E-state index contributed by atoms with van der Waals surface area (Å²) >= 11 is 0. The fraction of sp³-hybridized carbons (Fsp3) is 0.667. The lowest BCUT2D eigenvalue weighted by atomic mass is 9.95. The van der Waals surface area contributed by atoms with E-state index in [4.69, 9.17) is 5.26 Å². The van der Waals surface area contributed by atoms with E-state index in [0.29, 0.717) is 0 Å². The summed E-state index contributed by atoms with van der Waals surface area (Å²) in [5.41, 5.74) is 2.92. The first-order valence-corrected chi connectivity index (χ1v) is 6.40. The molecule has 0 spiro atoms. The van der Waals surface area contributed by atoms with Crippen molar-refractivity contribution in [2.75, 3.05) is 0 Å². The summed E-state index contributed by atoms with van der Waals surface area (Å²) < 4.78 is 2.39. The molecule has 0 bridgehead atoms. The molecule has 3 heteroatoms. The van der Waals surface area contributed by atoms with Crippen LogP contribution in [0.1, 0.15) is 50.2 Å². The van der Waals surface area contributed by atoms with Gasteiger partial charge < -0.3 is 4.33 Å². The molecule has 0 saturated carbocycles. The molecule has 0 N–H and O–H groups in total. The van der Waals surface area contributed by atoms with Gasteiger partial charge in [0.1, 0.15) is 11.4 Å². The normalized spacial score (nSPS) is 16.4. The third kappa shape index (κ3) is 1.82. The van der Waals surface area contributed by atoms with Crippen LogP contribution >= 0.6 is 8.35 Å². The third-order valence-electron chi connectivity index (χ3n) is 2.92. The van der Waals surface area contributed by atoms with Gasteiger partial charge in [-0.1, -0.05) is 0 Å². The number of hydrogen-bond acceptors (Lipinski definition) is 1. The molecule has 0 saturated heterocycles. The third-order valence-corrected chi connectivity index (χ3v) is 4.53. The first kappa shape index (κ1) is 10.7. The zero-order valence-corrected chi connectivity index (χ0v) is 10.6. The van der Waals surface area contributed by atoms with Crippen molar-refractivity contribution in [2.24, 2.45) is 0 Å². The molecule has 80 valence electrons. The van der Waals surface area contributed by atoms with Crippen molar-refractivity contribution in [1.29, 1.82) is 5.26 Å². The van der Waals surface area contributed by atoms with Gasteiger partial charge >= 0.3 is 0 Å². The van der Waals surface area contributed by atoms with Crippen LogP contribution in [-0.2, 0) is 18.4 Å². The van der Waals surface area contributed by atoms with E-state index >= 15 is 0 Å². The Morgan fingerprint density at radius 2 is 1.93 bits per heavy atom. The maximum atomic E-state index is 9.13. The van der Waals surface area contributed by atoms with Crippen LogP contribution in [0.4, 0.5) is 0 Å². The molecule has 0 radical (unpaired) electrons. The average molecular weight is 220 g/mol. The van der Waals surface area contributed by atoms with Crippen LogP contribution < -0.4 is 0 Å². The summed E-state index contributed by atoms with van der Waals surface area (Å²) in [7, 11) is 1.10. The summed E-state index contributed by atoms with van der Waals surface area (Å²) in [5, 5.41) is 10.1. The topological polar surface area (TPSA) is 28.7 Å². The van der Waals surface area contributed by atoms with Crippen LogP contribution in [-0.4, -0.2) is 4.33 Å². The second-order valence-corrected chi connectivity index (χ2v) is 6.22. The second kappa shape index (κ2) is 3.65. The van der Waals surface area contributed by atoms with E-state index in [2.05, 4.69) is 31.2 Å². The smallest absolute Gasteiger partial charge is 0.106 e. The standard InChI is InChI=1S/C12H17N2P/c1-12(2,3)14-10-7-5-4-6-9(10)11(8-13)15-14/h4-7H2,1-3H3. The predicted molar refractivity (Wildman–Crippen MR) is 63.3 cm³/mol. The van der Waals surface area contributed by atoms with Crippen molar-refractivity contribution in [1.82, 2.24) is 4.33 Å². The van der Waals surface area contributed by atoms with Gasteiger partial charge in [0.05, 0.1) is 0 Å². The molecule has 0 unspecified atom stereocenters. The second-order valence-electron chi connectivity index (χ2n) is 5.18. The molecular weight excluding hydrogens is 203 g/mol. The van der Waals surface area contributed by atoms with Gasteiger partial charge in [0.2, 0.25) is 0 Å². The highest BCUT2D eigenvalue weighted by Gasteiger charge is 2.25. The fourth-order valence-electron chi connectivity index (χ4n) is 2.24. The lowest BCUT2D eigenvalue weighted by Gasteiger charge is -2.25. The maximum Gasteiger partial charge on any atom is 0.106 e. The van der Waals surface area contributed by atoms with Crippen LogP contribution in [0.25, 0.3) is 0 Å². The molecule has 1 aliphatic rings. The van der Waals surface area contributed by atoms with E-state index in [1.54, 1.807) is 0 Å². The van der Waals surface area contributed by atoms with E-state index in [-0.39, 0.29) is 5.54 Å². The monoisotopic (exact) mass is 220 g/mol. The van der Waals surface area contributed by atoms with Crippen molar-refractivity contribution < 1.29 is 0 Å². The van der Waals surface area contributed by atoms with E-state index in [9.17, 15) is 0 Å². The van der Waals surface area contributed by atoms with Gasteiger partial charge in [0.15, 0.2) is 0 Å². The molecule has 1 aromatic heterocycles. The van der Waals surface area contributed by atoms with Crippen LogP contribution in [0.5, 0.6) is 0 Å². The molecule has 0 fully saturated rings. The van der Waals surface area contributed by atoms with Gasteiger partial charge in [0, 0.05) is 19.6 Å². The van der Waals surface area contributed by atoms with Crippen molar-refractivity contribution in [2.45, 2.75) is 52.0 Å². The largest absolute Gasteiger partial charge is 0.322 e. The molecule has 0 amide bonds. The Morgan fingerprint density at radius 1 is 1.27 bits per heavy atom. The zero-order chi connectivity index (χ0) is 11.1. The summed E-state index contributed by atoms with van der Waals surface area (Å²) in [4.78, 5) is 0. The summed E-state index contributed by atoms with van der Waals surface area (Å²) in [5.74, 6) is 0. The molecule has 0 aromatic carbocycles. The van der Waals surface area contributed by atoms with Gasteiger partial charge in [-0.3, -0.25) is 0 Å². The minimum absolute atomic E-state index is 0.137. The van der Waals surface area contributed by atoms with Gasteiger partial charge in [-0.25, -0.2) is 0 Å². The zero-order valence-electron chi connectivity index (χ0n) is 9.67. The summed E-state index contributed by atoms with van der Waals surface area (Å²) in [6.07, 6.45) is 4.79. The lowest BCUT2D eigenvalue weighted by molar-refractivity contribution is 0.409. The predicted octanol–water partition coefficient (Wildman–Crippen LogP) is 3.57. The SMILES string of the molecule is CC(C)(C)n1pc(C#N)c2c1CCCC2. The molecule has 0 atom stereocenters. The molecule has 1 heterocycles. The van der Waals surface area contributed by atoms with Crippen molar-refractivity contribution in [3.63, 3.8) is 0 Å². The molecule has 0 aliphatic heterocycles. The first-order chi connectivity index (χ1) is 7.04. The molecular formula is C12H17N2P. The van der Waals surface area contributed by atoms with Gasteiger partial charge in [0.25, 0.3) is 0 Å². The van der Waals surface area contributed by atoms with E-state index < -0.39 is 0 Å². The number of hydrogen-bond donors (Lipinski definition) is 0. The quantitative estimate of drug-likeness (QED) is 0.657. The Bertz CT molecular complexity index is 418. The Labute approximate surface area is 93.1 Å². The fourth-order valence-corrected chi connectivity index (χ4v) is 3.49. The van der Waals surface area contributed by atoms with Crippen LogP contribution in [0.2, 0.25) is 0 Å². The lowest BCUT2D eigenvalue weighted by Crippen LogP contribution is -2.22. The van der Waals surface area contributed by atoms with Gasteiger partial charge in [-0.05, 0) is 52.0 Å². The first-order valence-electron chi connectivity index (χ1n) is 5.55. The molecule has 2 nitrogen and oxygen atoms in total. The maximum absolute atomic E-state index is 9.13. The van der Waals surface area contributed by atoms with Crippen molar-refractivity contribution in [3.8, 4) is 6.07 Å². The Morgan fingerprint density at radius 3 is 2.53 bits per heavy atom. The van der Waals surface area contributed by atoms with Gasteiger partial charge in [-0.2, -0.15) is 5.26 Å².